The third-order valence-electron chi connectivity index (χ3n) is 6.82. The molecule has 2 amide bonds. The molecule has 4 rings (SSSR count). The number of piperidine rings is 1. The number of amides is 2. The lowest BCUT2D eigenvalue weighted by Crippen LogP contribution is -2.47. The van der Waals surface area contributed by atoms with Gasteiger partial charge in [-0.1, -0.05) is 42.8 Å². The molecular formula is C29H37N5O6. The van der Waals surface area contributed by atoms with Crippen molar-refractivity contribution >= 4 is 29.6 Å². The van der Waals surface area contributed by atoms with Gasteiger partial charge in [0.1, 0.15) is 18.9 Å². The van der Waals surface area contributed by atoms with Crippen LogP contribution in [0.15, 0.2) is 53.5 Å². The Hall–Kier alpha value is -4.12. The second kappa shape index (κ2) is 14.3. The maximum atomic E-state index is 12.6. The summed E-state index contributed by atoms with van der Waals surface area (Å²) in [5.74, 6) is -0.0323. The first-order valence-electron chi connectivity index (χ1n) is 13.7. The molecule has 11 nitrogen and oxygen atoms in total. The Labute approximate surface area is 234 Å². The summed E-state index contributed by atoms with van der Waals surface area (Å²) in [6.07, 6.45) is 3.13. The van der Waals surface area contributed by atoms with Crippen LogP contribution in [0.2, 0.25) is 0 Å². The molecule has 214 valence electrons. The number of guanidine groups is 1. The predicted octanol–water partition coefficient (Wildman–Crippen LogP) is 3.09. The van der Waals surface area contributed by atoms with Crippen molar-refractivity contribution in [1.82, 2.24) is 15.1 Å². The van der Waals surface area contributed by atoms with Gasteiger partial charge in [0, 0.05) is 19.0 Å². The standard InChI is InChI=1S/C29H37N5O6/c1-2-38-29(37)32-28-31-24-17-23(39-16-13-25(27(30)36)33-14-7-4-8-15-33)12-11-22(24)18-34(28)19-26(35)40-20-21-9-5-3-6-10-21/h3,5-6,9-12,17,25H,2,4,7-8,13-16,18-20H2,1H3,(H2,30,36)(H,31,32,37). The van der Waals surface area contributed by atoms with Crippen LogP contribution in [0, 0.1) is 0 Å². The fourth-order valence-electron chi connectivity index (χ4n) is 4.80. The van der Waals surface area contributed by atoms with Crippen molar-refractivity contribution in [3.8, 4) is 5.75 Å². The first kappa shape index (κ1) is 28.9. The summed E-state index contributed by atoms with van der Waals surface area (Å²) in [5, 5.41) is 2.63. The average molecular weight is 552 g/mol. The lowest BCUT2D eigenvalue weighted by molar-refractivity contribution is -0.145. The Balaban J connectivity index is 1.40. The predicted molar refractivity (Wildman–Crippen MR) is 149 cm³/mol. The quantitative estimate of drug-likeness (QED) is 0.407. The van der Waals surface area contributed by atoms with E-state index in [1.807, 2.05) is 42.5 Å². The van der Waals surface area contributed by atoms with E-state index >= 15 is 0 Å². The minimum atomic E-state index is -0.671. The maximum Gasteiger partial charge on any atom is 0.413 e. The van der Waals surface area contributed by atoms with Gasteiger partial charge in [0.2, 0.25) is 11.9 Å². The Kier molecular flexibility index (Phi) is 10.3. The molecule has 3 N–H and O–H groups in total. The average Bonchev–Trinajstić information content (AvgIpc) is 2.95. The van der Waals surface area contributed by atoms with Crippen LogP contribution in [0.25, 0.3) is 0 Å². The lowest BCUT2D eigenvalue weighted by Gasteiger charge is -2.32. The number of primary amides is 1. The van der Waals surface area contributed by atoms with Gasteiger partial charge in [0.15, 0.2) is 0 Å². The van der Waals surface area contributed by atoms with E-state index in [2.05, 4.69) is 15.2 Å². The number of nitrogens with one attached hydrogen (secondary N) is 1. The smallest absolute Gasteiger partial charge is 0.413 e. The van der Waals surface area contributed by atoms with Gasteiger partial charge in [-0.25, -0.2) is 9.79 Å². The van der Waals surface area contributed by atoms with Crippen molar-refractivity contribution in [2.75, 3.05) is 32.8 Å². The number of benzene rings is 2. The zero-order chi connectivity index (χ0) is 28.3. The highest BCUT2D eigenvalue weighted by Gasteiger charge is 2.27. The fourth-order valence-corrected chi connectivity index (χ4v) is 4.80. The SMILES string of the molecule is CCOC(=O)NC1=Nc2cc(OCCC(C(N)=O)N3CCCCC3)ccc2CN1CC(=O)OCc1ccccc1. The maximum absolute atomic E-state index is 12.6. The monoisotopic (exact) mass is 551 g/mol. The topological polar surface area (TPSA) is 136 Å². The van der Waals surface area contributed by atoms with Gasteiger partial charge in [-0.15, -0.1) is 0 Å². The Morgan fingerprint density at radius 3 is 2.55 bits per heavy atom. The zero-order valence-corrected chi connectivity index (χ0v) is 22.8. The number of nitrogens with two attached hydrogens (primary N) is 1. The molecule has 2 aromatic rings. The second-order valence-electron chi connectivity index (χ2n) is 9.73. The number of carbonyl (C=O) groups excluding carboxylic acids is 3. The van der Waals surface area contributed by atoms with Gasteiger partial charge in [-0.05, 0) is 50.0 Å². The van der Waals surface area contributed by atoms with E-state index in [1.54, 1.807) is 17.9 Å². The highest BCUT2D eigenvalue weighted by Crippen LogP contribution is 2.30. The summed E-state index contributed by atoms with van der Waals surface area (Å²) in [7, 11) is 0. The van der Waals surface area contributed by atoms with E-state index in [0.717, 1.165) is 37.1 Å². The fraction of sp³-hybridized carbons (Fsp3) is 0.448. The van der Waals surface area contributed by atoms with Gasteiger partial charge in [0.25, 0.3) is 0 Å². The number of fused-ring (bicyclic) bond motifs is 1. The van der Waals surface area contributed by atoms with E-state index in [4.69, 9.17) is 19.9 Å². The third-order valence-corrected chi connectivity index (χ3v) is 6.82. The zero-order valence-electron chi connectivity index (χ0n) is 22.8. The summed E-state index contributed by atoms with van der Waals surface area (Å²) in [6.45, 7) is 4.31. The molecule has 2 aliphatic heterocycles. The van der Waals surface area contributed by atoms with Gasteiger partial charge in [-0.3, -0.25) is 19.8 Å². The highest BCUT2D eigenvalue weighted by atomic mass is 16.5. The number of esters is 1. The van der Waals surface area contributed by atoms with Crippen molar-refractivity contribution in [1.29, 1.82) is 0 Å². The van der Waals surface area contributed by atoms with Crippen molar-refractivity contribution in [3.05, 3.63) is 59.7 Å². The van der Waals surface area contributed by atoms with Gasteiger partial charge < -0.3 is 24.8 Å². The van der Waals surface area contributed by atoms with E-state index < -0.39 is 12.1 Å². The Bertz CT molecular complexity index is 1200. The number of nitrogens with zero attached hydrogens (tertiary/aromatic N) is 3. The van der Waals surface area contributed by atoms with E-state index in [0.29, 0.717) is 31.0 Å². The molecule has 0 aromatic heterocycles. The molecule has 0 bridgehead atoms. The molecule has 1 unspecified atom stereocenters. The largest absolute Gasteiger partial charge is 0.493 e. The van der Waals surface area contributed by atoms with E-state index in [-0.39, 0.29) is 37.7 Å². The van der Waals surface area contributed by atoms with Crippen LogP contribution in [-0.4, -0.2) is 72.6 Å². The molecule has 40 heavy (non-hydrogen) atoms. The van der Waals surface area contributed by atoms with Gasteiger partial charge in [-0.2, -0.15) is 0 Å². The third kappa shape index (κ3) is 8.19. The Morgan fingerprint density at radius 2 is 1.82 bits per heavy atom. The molecule has 2 heterocycles. The minimum Gasteiger partial charge on any atom is -0.493 e. The first-order valence-corrected chi connectivity index (χ1v) is 13.7. The Morgan fingerprint density at radius 1 is 1.05 bits per heavy atom. The number of rotatable bonds is 11. The van der Waals surface area contributed by atoms with Crippen molar-refractivity contribution in [3.63, 3.8) is 0 Å². The normalized spacial score (nSPS) is 15.8. The number of hydrogen-bond acceptors (Lipinski definition) is 9. The van der Waals surface area contributed by atoms with Gasteiger partial charge >= 0.3 is 12.1 Å². The summed E-state index contributed by atoms with van der Waals surface area (Å²) in [5.41, 5.74) is 8.00. The number of alkyl carbamates (subject to hydrolysis) is 1. The molecule has 0 radical (unpaired) electrons. The summed E-state index contributed by atoms with van der Waals surface area (Å²) < 4.78 is 16.4. The molecule has 2 aromatic carbocycles. The summed E-state index contributed by atoms with van der Waals surface area (Å²) >= 11 is 0. The van der Waals surface area contributed by atoms with Crippen LogP contribution in [0.1, 0.15) is 43.7 Å². The molecule has 1 atom stereocenters. The molecule has 0 aliphatic carbocycles. The van der Waals surface area contributed by atoms with Crippen molar-refractivity contribution in [2.45, 2.75) is 51.8 Å². The molecule has 1 fully saturated rings. The number of carbonyl (C=O) groups is 3. The van der Waals surface area contributed by atoms with Crippen molar-refractivity contribution in [2.24, 2.45) is 10.7 Å². The highest BCUT2D eigenvalue weighted by molar-refractivity contribution is 5.97. The van der Waals surface area contributed by atoms with Gasteiger partial charge in [0.05, 0.1) is 24.9 Å². The molecular weight excluding hydrogens is 514 g/mol. The lowest BCUT2D eigenvalue weighted by atomic mass is 10.1. The first-order chi connectivity index (χ1) is 19.4. The molecule has 0 spiro atoms. The van der Waals surface area contributed by atoms with E-state index in [1.165, 1.54) is 6.42 Å². The second-order valence-corrected chi connectivity index (χ2v) is 9.73. The number of likely N-dealkylation sites (tertiary alicyclic amines) is 1. The molecule has 11 heteroatoms. The summed E-state index contributed by atoms with van der Waals surface area (Å²) in [6, 6.07) is 14.5. The van der Waals surface area contributed by atoms with Crippen LogP contribution in [0.5, 0.6) is 5.75 Å². The van der Waals surface area contributed by atoms with Crippen molar-refractivity contribution < 1.29 is 28.6 Å². The van der Waals surface area contributed by atoms with Crippen LogP contribution in [0.3, 0.4) is 0 Å². The minimum absolute atomic E-state index is 0.110. The van der Waals surface area contributed by atoms with Crippen LogP contribution in [-0.2, 0) is 32.2 Å². The summed E-state index contributed by atoms with van der Waals surface area (Å²) in [4.78, 5) is 45.2. The number of hydrogen-bond donors (Lipinski definition) is 2. The number of aliphatic imine (C=N–C) groups is 1. The molecule has 2 aliphatic rings. The van der Waals surface area contributed by atoms with Crippen LogP contribution < -0.4 is 15.8 Å². The van der Waals surface area contributed by atoms with E-state index in [9.17, 15) is 14.4 Å². The molecule has 0 saturated carbocycles. The van der Waals surface area contributed by atoms with Crippen LogP contribution in [0.4, 0.5) is 10.5 Å². The molecule has 1 saturated heterocycles. The number of ether oxygens (including phenoxy) is 3. The van der Waals surface area contributed by atoms with Crippen LogP contribution >= 0.6 is 0 Å².